The zero-order valence-electron chi connectivity index (χ0n) is 20.5. The van der Waals surface area contributed by atoms with Gasteiger partial charge < -0.3 is 10.0 Å². The number of carboxylic acids is 1. The Morgan fingerprint density at radius 2 is 1.92 bits per heavy atom. The number of benzene rings is 2. The van der Waals surface area contributed by atoms with E-state index in [2.05, 4.69) is 27.0 Å². The van der Waals surface area contributed by atoms with Crippen molar-refractivity contribution in [2.45, 2.75) is 24.0 Å². The first-order valence-electron chi connectivity index (χ1n) is 12.2. The summed E-state index contributed by atoms with van der Waals surface area (Å²) in [5, 5.41) is 19.5. The van der Waals surface area contributed by atoms with Crippen molar-refractivity contribution < 1.29 is 14.3 Å². The molecule has 8 nitrogen and oxygen atoms in total. The minimum Gasteiger partial charge on any atom is -0.481 e. The molecular formula is C26H28ClFN6O2S. The molecule has 1 N–H and O–H groups in total. The maximum Gasteiger partial charge on any atom is 0.303 e. The van der Waals surface area contributed by atoms with Crippen molar-refractivity contribution in [1.82, 2.24) is 24.6 Å². The van der Waals surface area contributed by atoms with Gasteiger partial charge in [-0.3, -0.25) is 19.3 Å². The maximum absolute atomic E-state index is 15.0. The third kappa shape index (κ3) is 5.72. The summed E-state index contributed by atoms with van der Waals surface area (Å²) in [5.74, 6) is 0.0214. The Morgan fingerprint density at radius 1 is 1.14 bits per heavy atom. The smallest absolute Gasteiger partial charge is 0.303 e. The molecule has 0 radical (unpaired) electrons. The number of carboxylic acid groups (broad SMARTS) is 1. The largest absolute Gasteiger partial charge is 0.481 e. The summed E-state index contributed by atoms with van der Waals surface area (Å²) in [6.45, 7) is 5.11. The topological polar surface area (TPSA) is 86.9 Å². The number of aliphatic imine (C=N–C) groups is 1. The molecule has 1 atom stereocenters. The number of likely N-dealkylation sites (N-methyl/N-ethyl adjacent to an activating group) is 1. The lowest BCUT2D eigenvalue weighted by atomic mass is 10.00. The number of piperazine rings is 1. The molecule has 0 amide bonds. The number of aromatic nitrogens is 3. The van der Waals surface area contributed by atoms with E-state index in [-0.39, 0.29) is 12.8 Å². The van der Waals surface area contributed by atoms with Crippen LogP contribution in [-0.4, -0.2) is 86.9 Å². The molecule has 2 aliphatic heterocycles. The van der Waals surface area contributed by atoms with E-state index in [1.54, 1.807) is 42.1 Å². The van der Waals surface area contributed by atoms with Crippen LogP contribution in [0.25, 0.3) is 5.69 Å². The average molecular weight is 543 g/mol. The summed E-state index contributed by atoms with van der Waals surface area (Å²) in [6, 6.07) is 11.2. The van der Waals surface area contributed by atoms with Gasteiger partial charge in [0.25, 0.3) is 0 Å². The first kappa shape index (κ1) is 25.8. The molecule has 0 spiro atoms. The zero-order valence-corrected chi connectivity index (χ0v) is 22.1. The molecule has 3 heterocycles. The first-order chi connectivity index (χ1) is 17.9. The number of rotatable bonds is 8. The van der Waals surface area contributed by atoms with Crippen LogP contribution in [0, 0.1) is 5.82 Å². The predicted molar refractivity (Wildman–Crippen MR) is 143 cm³/mol. The lowest BCUT2D eigenvalue weighted by Crippen LogP contribution is -2.45. The number of thioether (sulfide) groups is 1. The second-order valence-corrected chi connectivity index (χ2v) is 10.7. The van der Waals surface area contributed by atoms with E-state index in [0.717, 1.165) is 44.2 Å². The van der Waals surface area contributed by atoms with Crippen LogP contribution in [-0.2, 0) is 4.79 Å². The normalized spacial score (nSPS) is 18.1. The van der Waals surface area contributed by atoms with Crippen molar-refractivity contribution in [2.24, 2.45) is 4.99 Å². The zero-order chi connectivity index (χ0) is 25.9. The third-order valence-corrected chi connectivity index (χ3v) is 7.84. The Morgan fingerprint density at radius 3 is 2.68 bits per heavy atom. The van der Waals surface area contributed by atoms with Crippen molar-refractivity contribution in [2.75, 3.05) is 45.5 Å². The highest BCUT2D eigenvalue weighted by Gasteiger charge is 2.30. The van der Waals surface area contributed by atoms with Crippen LogP contribution in [0.2, 0.25) is 5.02 Å². The van der Waals surface area contributed by atoms with Crippen LogP contribution < -0.4 is 0 Å². The number of halogens is 2. The minimum atomic E-state index is -0.930. The highest BCUT2D eigenvalue weighted by Crippen LogP contribution is 2.36. The van der Waals surface area contributed by atoms with E-state index in [1.807, 2.05) is 10.6 Å². The van der Waals surface area contributed by atoms with Crippen LogP contribution in [0.15, 0.2) is 52.6 Å². The fourth-order valence-electron chi connectivity index (χ4n) is 4.65. The van der Waals surface area contributed by atoms with Crippen LogP contribution in [0.4, 0.5) is 4.39 Å². The number of hydrogen-bond donors (Lipinski definition) is 1. The molecule has 0 saturated carbocycles. The molecule has 3 aromatic rings. The molecule has 0 bridgehead atoms. The monoisotopic (exact) mass is 542 g/mol. The standard InChI is InChI=1S/C26H28ClFN6O2S/c1-32-10-12-33(13-11-32)14-15-37-26-31-30-25-21(7-9-23(35)36)29-24(18-4-2-3-5-20(18)28)19-16-17(27)6-8-22(19)34(25)26/h2-6,8,16,21H,7,9-15H2,1H3,(H,35,36)/t21-/m0/s1. The summed E-state index contributed by atoms with van der Waals surface area (Å²) >= 11 is 8.00. The SMILES string of the molecule is CN1CCN(CCSc2nnc3n2-c2ccc(Cl)cc2C(c2ccccc2F)=N[C@H]3CCC(=O)O)CC1. The highest BCUT2D eigenvalue weighted by molar-refractivity contribution is 7.99. The molecule has 194 valence electrons. The molecule has 1 saturated heterocycles. The van der Waals surface area contributed by atoms with Gasteiger partial charge in [-0.1, -0.05) is 35.5 Å². The lowest BCUT2D eigenvalue weighted by Gasteiger charge is -2.32. The van der Waals surface area contributed by atoms with Crippen molar-refractivity contribution >= 4 is 35.0 Å². The molecule has 1 aromatic heterocycles. The van der Waals surface area contributed by atoms with E-state index in [1.165, 1.54) is 6.07 Å². The van der Waals surface area contributed by atoms with Gasteiger partial charge in [0.05, 0.1) is 11.4 Å². The van der Waals surface area contributed by atoms with Gasteiger partial charge >= 0.3 is 5.97 Å². The van der Waals surface area contributed by atoms with Crippen LogP contribution in [0.1, 0.15) is 35.8 Å². The number of hydrogen-bond acceptors (Lipinski definition) is 7. The lowest BCUT2D eigenvalue weighted by molar-refractivity contribution is -0.137. The third-order valence-electron chi connectivity index (χ3n) is 6.69. The molecule has 1 fully saturated rings. The highest BCUT2D eigenvalue weighted by atomic mass is 35.5. The van der Waals surface area contributed by atoms with Crippen LogP contribution in [0.5, 0.6) is 0 Å². The quantitative estimate of drug-likeness (QED) is 0.428. The molecule has 11 heteroatoms. The van der Waals surface area contributed by atoms with Gasteiger partial charge in [-0.05, 0) is 43.8 Å². The molecule has 37 heavy (non-hydrogen) atoms. The van der Waals surface area contributed by atoms with E-state index in [0.29, 0.717) is 32.8 Å². The fourth-order valence-corrected chi connectivity index (χ4v) is 5.78. The summed E-state index contributed by atoms with van der Waals surface area (Å²) in [4.78, 5) is 21.1. The van der Waals surface area contributed by atoms with Gasteiger partial charge in [0.2, 0.25) is 0 Å². The summed E-state index contributed by atoms with van der Waals surface area (Å²) in [7, 11) is 2.14. The van der Waals surface area contributed by atoms with Gasteiger partial charge in [-0.25, -0.2) is 4.39 Å². The Labute approximate surface area is 224 Å². The molecule has 0 unspecified atom stereocenters. The van der Waals surface area contributed by atoms with E-state index in [9.17, 15) is 14.3 Å². The van der Waals surface area contributed by atoms with Gasteiger partial charge in [0, 0.05) is 61.0 Å². The predicted octanol–water partition coefficient (Wildman–Crippen LogP) is 4.16. The second-order valence-electron chi connectivity index (χ2n) is 9.24. The summed E-state index contributed by atoms with van der Waals surface area (Å²) < 4.78 is 16.9. The number of aliphatic carboxylic acids is 1. The Bertz CT molecular complexity index is 1320. The molecule has 2 aromatic carbocycles. The van der Waals surface area contributed by atoms with Crippen molar-refractivity contribution in [3.8, 4) is 5.69 Å². The molecule has 2 aliphatic rings. The Balaban J connectivity index is 1.53. The van der Waals surface area contributed by atoms with E-state index < -0.39 is 17.8 Å². The van der Waals surface area contributed by atoms with Crippen molar-refractivity contribution in [3.63, 3.8) is 0 Å². The number of fused-ring (bicyclic) bond motifs is 3. The maximum atomic E-state index is 15.0. The molecular weight excluding hydrogens is 515 g/mol. The first-order valence-corrected chi connectivity index (χ1v) is 13.6. The van der Waals surface area contributed by atoms with Gasteiger partial charge in [0.15, 0.2) is 11.0 Å². The van der Waals surface area contributed by atoms with Crippen molar-refractivity contribution in [1.29, 1.82) is 0 Å². The summed E-state index contributed by atoms with van der Waals surface area (Å²) in [5.41, 5.74) is 2.14. The van der Waals surface area contributed by atoms with Gasteiger partial charge in [-0.15, -0.1) is 10.2 Å². The van der Waals surface area contributed by atoms with Gasteiger partial charge in [0.1, 0.15) is 11.9 Å². The minimum absolute atomic E-state index is 0.103. The second kappa shape index (κ2) is 11.3. The average Bonchev–Trinajstić information content (AvgIpc) is 3.24. The molecule has 5 rings (SSSR count). The Hall–Kier alpha value is -2.79. The summed E-state index contributed by atoms with van der Waals surface area (Å²) in [6.07, 6.45) is 0.105. The van der Waals surface area contributed by atoms with E-state index in [4.69, 9.17) is 16.6 Å². The Kier molecular flexibility index (Phi) is 7.89. The van der Waals surface area contributed by atoms with Gasteiger partial charge in [-0.2, -0.15) is 0 Å². The fraction of sp³-hybridized carbons (Fsp3) is 0.385. The van der Waals surface area contributed by atoms with E-state index >= 15 is 0 Å². The van der Waals surface area contributed by atoms with Crippen molar-refractivity contribution in [3.05, 3.63) is 70.3 Å². The van der Waals surface area contributed by atoms with Crippen LogP contribution >= 0.6 is 23.4 Å². The number of nitrogens with zero attached hydrogens (tertiary/aromatic N) is 6. The van der Waals surface area contributed by atoms with Crippen LogP contribution in [0.3, 0.4) is 0 Å². The number of carbonyl (C=O) groups is 1. The molecule has 0 aliphatic carbocycles.